The molecule has 4 N–H and O–H groups in total. The van der Waals surface area contributed by atoms with Gasteiger partial charge in [-0.25, -0.2) is 0 Å². The molecule has 33 heavy (non-hydrogen) atoms. The number of carbonyl (C=O) groups is 1. The number of hydrogen-bond acceptors (Lipinski definition) is 5. The fourth-order valence-electron chi connectivity index (χ4n) is 3.88. The number of carboxylic acid groups (broad SMARTS) is 1. The number of ether oxygens (including phenoxy) is 1. The van der Waals surface area contributed by atoms with Crippen molar-refractivity contribution < 1.29 is 24.2 Å². The number of aliphatic hydroxyl groups excluding tert-OH is 1. The van der Waals surface area contributed by atoms with Gasteiger partial charge in [0.25, 0.3) is 0 Å². The molecule has 0 saturated carbocycles. The summed E-state index contributed by atoms with van der Waals surface area (Å²) in [5.41, 5.74) is 10.9. The number of nitrogens with two attached hydrogens (primary N) is 1. The van der Waals surface area contributed by atoms with Crippen LogP contribution in [0.25, 0.3) is 22.1 Å². The first-order valence-corrected chi connectivity index (χ1v) is 10.9. The molecule has 6 nitrogen and oxygen atoms in total. The number of aliphatic carboxylic acids is 1. The zero-order chi connectivity index (χ0) is 23.4. The van der Waals surface area contributed by atoms with Gasteiger partial charge in [0.15, 0.2) is 0 Å². The van der Waals surface area contributed by atoms with E-state index in [4.69, 9.17) is 14.9 Å². The molecule has 0 fully saturated rings. The van der Waals surface area contributed by atoms with Crippen LogP contribution < -0.4 is 10.5 Å². The highest BCUT2D eigenvalue weighted by molar-refractivity contribution is 5.93. The zero-order valence-electron chi connectivity index (χ0n) is 18.5. The molecule has 6 heteroatoms. The lowest BCUT2D eigenvalue weighted by Gasteiger charge is -2.12. The summed E-state index contributed by atoms with van der Waals surface area (Å²) in [7, 11) is 0. The van der Waals surface area contributed by atoms with Crippen LogP contribution in [-0.4, -0.2) is 16.2 Å². The van der Waals surface area contributed by atoms with Gasteiger partial charge in [0.1, 0.15) is 29.8 Å². The molecule has 4 aromatic rings. The zero-order valence-corrected chi connectivity index (χ0v) is 18.5. The van der Waals surface area contributed by atoms with E-state index in [1.165, 1.54) is 0 Å². The minimum atomic E-state index is -0.907. The second-order valence-electron chi connectivity index (χ2n) is 8.01. The van der Waals surface area contributed by atoms with Gasteiger partial charge in [0.05, 0.1) is 6.42 Å². The van der Waals surface area contributed by atoms with Crippen molar-refractivity contribution in [2.45, 2.75) is 39.0 Å². The standard InChI is InChI=1S/C27H27NO5/c1-2-23(29)25-13-21-11-18(16-32-24-9-4-3-7-20(24)14-26(30)31)12-22(27(21)33-25)19-8-5-6-17(10-19)15-28/h3-13,23,29H,2,14-16,28H2,1H3,(H,30,31)/t23-/m0/s1. The van der Waals surface area contributed by atoms with Gasteiger partial charge in [0.2, 0.25) is 0 Å². The second kappa shape index (κ2) is 9.90. The molecule has 0 spiro atoms. The molecule has 0 amide bonds. The first-order valence-electron chi connectivity index (χ1n) is 10.9. The average molecular weight is 446 g/mol. The quantitative estimate of drug-likeness (QED) is 0.327. The minimum Gasteiger partial charge on any atom is -0.489 e. The van der Waals surface area contributed by atoms with Gasteiger partial charge in [-0.1, -0.05) is 43.3 Å². The Labute approximate surface area is 192 Å². The van der Waals surface area contributed by atoms with Crippen molar-refractivity contribution in [1.29, 1.82) is 0 Å². The Hall–Kier alpha value is -3.61. The fourth-order valence-corrected chi connectivity index (χ4v) is 3.88. The lowest BCUT2D eigenvalue weighted by atomic mass is 9.99. The molecular formula is C27H27NO5. The summed E-state index contributed by atoms with van der Waals surface area (Å²) in [6, 6.07) is 20.9. The molecule has 1 heterocycles. The summed E-state index contributed by atoms with van der Waals surface area (Å²) in [4.78, 5) is 11.2. The molecule has 170 valence electrons. The monoisotopic (exact) mass is 445 g/mol. The predicted octanol–water partition coefficient (Wildman–Crippen LogP) is 5.21. The summed E-state index contributed by atoms with van der Waals surface area (Å²) >= 11 is 0. The topological polar surface area (TPSA) is 106 Å². The van der Waals surface area contributed by atoms with Gasteiger partial charge < -0.3 is 25.1 Å². The van der Waals surface area contributed by atoms with Gasteiger partial charge in [-0.3, -0.25) is 4.79 Å². The van der Waals surface area contributed by atoms with Crippen molar-refractivity contribution in [3.8, 4) is 16.9 Å². The van der Waals surface area contributed by atoms with E-state index in [-0.39, 0.29) is 13.0 Å². The van der Waals surface area contributed by atoms with Crippen LogP contribution in [0.3, 0.4) is 0 Å². The largest absolute Gasteiger partial charge is 0.489 e. The summed E-state index contributed by atoms with van der Waals surface area (Å²) in [5.74, 6) is 0.157. The Balaban J connectivity index is 1.74. The van der Waals surface area contributed by atoms with E-state index in [0.29, 0.717) is 35.6 Å². The maximum absolute atomic E-state index is 11.2. The van der Waals surface area contributed by atoms with E-state index in [2.05, 4.69) is 0 Å². The number of aliphatic hydroxyl groups is 1. The van der Waals surface area contributed by atoms with Crippen LogP contribution in [-0.2, 0) is 24.4 Å². The molecule has 0 bridgehead atoms. The summed E-state index contributed by atoms with van der Waals surface area (Å²) < 4.78 is 12.1. The number of furan rings is 1. The highest BCUT2D eigenvalue weighted by Gasteiger charge is 2.17. The van der Waals surface area contributed by atoms with Crippen LogP contribution in [0, 0.1) is 0 Å². The Morgan fingerprint density at radius 3 is 2.64 bits per heavy atom. The number of fused-ring (bicyclic) bond motifs is 1. The lowest BCUT2D eigenvalue weighted by Crippen LogP contribution is -2.04. The maximum atomic E-state index is 11.2. The first-order chi connectivity index (χ1) is 16.0. The van der Waals surface area contributed by atoms with Gasteiger partial charge in [0, 0.05) is 23.1 Å². The van der Waals surface area contributed by atoms with Gasteiger partial charge in [-0.15, -0.1) is 0 Å². The molecule has 0 aliphatic heterocycles. The minimum absolute atomic E-state index is 0.105. The third-order valence-corrected chi connectivity index (χ3v) is 5.59. The van der Waals surface area contributed by atoms with Crippen molar-refractivity contribution >= 4 is 16.9 Å². The van der Waals surface area contributed by atoms with Crippen LogP contribution >= 0.6 is 0 Å². The normalized spacial score (nSPS) is 12.1. The lowest BCUT2D eigenvalue weighted by molar-refractivity contribution is -0.136. The highest BCUT2D eigenvalue weighted by Crippen LogP contribution is 2.35. The van der Waals surface area contributed by atoms with Crippen molar-refractivity contribution in [1.82, 2.24) is 0 Å². The number of benzene rings is 3. The van der Waals surface area contributed by atoms with Crippen molar-refractivity contribution in [3.05, 3.63) is 89.2 Å². The number of carboxylic acids is 1. The fraction of sp³-hybridized carbons (Fsp3) is 0.222. The van der Waals surface area contributed by atoms with E-state index in [1.807, 2.05) is 55.5 Å². The molecule has 0 unspecified atom stereocenters. The van der Waals surface area contributed by atoms with Crippen molar-refractivity contribution in [2.75, 3.05) is 0 Å². The second-order valence-corrected chi connectivity index (χ2v) is 8.01. The molecular weight excluding hydrogens is 418 g/mol. The predicted molar refractivity (Wildman–Crippen MR) is 127 cm³/mol. The van der Waals surface area contributed by atoms with Gasteiger partial charge in [-0.05, 0) is 53.4 Å². The van der Waals surface area contributed by atoms with Crippen molar-refractivity contribution in [2.24, 2.45) is 5.73 Å². The van der Waals surface area contributed by atoms with E-state index >= 15 is 0 Å². The van der Waals surface area contributed by atoms with Crippen LogP contribution in [0.1, 0.15) is 41.9 Å². The van der Waals surface area contributed by atoms with E-state index in [0.717, 1.165) is 27.6 Å². The summed E-state index contributed by atoms with van der Waals surface area (Å²) in [6.07, 6.45) is -0.233. The average Bonchev–Trinajstić information content (AvgIpc) is 3.26. The molecule has 0 aliphatic rings. The molecule has 1 atom stereocenters. The van der Waals surface area contributed by atoms with Crippen molar-refractivity contribution in [3.63, 3.8) is 0 Å². The molecule has 3 aromatic carbocycles. The van der Waals surface area contributed by atoms with Crippen LogP contribution in [0.2, 0.25) is 0 Å². The molecule has 4 rings (SSSR count). The Bertz CT molecular complexity index is 1280. The number of rotatable bonds is 9. The van der Waals surface area contributed by atoms with E-state index in [9.17, 15) is 15.0 Å². The summed E-state index contributed by atoms with van der Waals surface area (Å²) in [5, 5.41) is 20.4. The number of hydrogen-bond donors (Lipinski definition) is 3. The van der Waals surface area contributed by atoms with Gasteiger partial charge in [-0.2, -0.15) is 0 Å². The smallest absolute Gasteiger partial charge is 0.307 e. The molecule has 1 aromatic heterocycles. The van der Waals surface area contributed by atoms with E-state index < -0.39 is 12.1 Å². The van der Waals surface area contributed by atoms with Crippen LogP contribution in [0.5, 0.6) is 5.75 Å². The highest BCUT2D eigenvalue weighted by atomic mass is 16.5. The van der Waals surface area contributed by atoms with Crippen LogP contribution in [0.4, 0.5) is 0 Å². The maximum Gasteiger partial charge on any atom is 0.307 e. The molecule has 0 saturated heterocycles. The third kappa shape index (κ3) is 5.08. The molecule has 0 radical (unpaired) electrons. The Morgan fingerprint density at radius 1 is 1.06 bits per heavy atom. The van der Waals surface area contributed by atoms with E-state index in [1.54, 1.807) is 18.2 Å². The summed E-state index contributed by atoms with van der Waals surface area (Å²) in [6.45, 7) is 2.59. The Morgan fingerprint density at radius 2 is 1.88 bits per heavy atom. The third-order valence-electron chi connectivity index (χ3n) is 5.59. The van der Waals surface area contributed by atoms with Gasteiger partial charge >= 0.3 is 5.97 Å². The van der Waals surface area contributed by atoms with Crippen LogP contribution in [0.15, 0.2) is 71.1 Å². The molecule has 0 aliphatic carbocycles. The first kappa shape index (κ1) is 22.6. The Kier molecular flexibility index (Phi) is 6.77. The SMILES string of the molecule is CC[C@H](O)c1cc2cc(COc3ccccc3CC(=O)O)cc(-c3cccc(CN)c3)c2o1. The number of para-hydroxylation sites is 1.